The number of benzene rings is 1. The van der Waals surface area contributed by atoms with E-state index in [4.69, 9.17) is 16.0 Å². The highest BCUT2D eigenvalue weighted by Gasteiger charge is 2.11. The molecule has 0 amide bonds. The SMILES string of the molecule is Cc1cc(Cl)cc2c(CCNC(C)(C)C)coc12. The second-order valence-electron chi connectivity index (χ2n) is 5.79. The van der Waals surface area contributed by atoms with Crippen LogP contribution in [-0.2, 0) is 6.42 Å². The average molecular weight is 266 g/mol. The number of hydrogen-bond donors (Lipinski definition) is 1. The number of aryl methyl sites for hydroxylation is 1. The Morgan fingerprint density at radius 1 is 1.28 bits per heavy atom. The van der Waals surface area contributed by atoms with Crippen LogP contribution >= 0.6 is 11.6 Å². The van der Waals surface area contributed by atoms with Gasteiger partial charge in [-0.25, -0.2) is 0 Å². The number of nitrogens with one attached hydrogen (secondary N) is 1. The van der Waals surface area contributed by atoms with Crippen molar-refractivity contribution >= 4 is 22.6 Å². The summed E-state index contributed by atoms with van der Waals surface area (Å²) in [5.74, 6) is 0. The molecule has 18 heavy (non-hydrogen) atoms. The summed E-state index contributed by atoms with van der Waals surface area (Å²) in [4.78, 5) is 0. The van der Waals surface area contributed by atoms with Crippen LogP contribution in [0.3, 0.4) is 0 Å². The Labute approximate surface area is 113 Å². The molecule has 0 radical (unpaired) electrons. The van der Waals surface area contributed by atoms with Gasteiger partial charge in [0.2, 0.25) is 0 Å². The molecule has 2 rings (SSSR count). The molecule has 1 aromatic carbocycles. The third kappa shape index (κ3) is 3.06. The predicted molar refractivity (Wildman–Crippen MR) is 77.4 cm³/mol. The highest BCUT2D eigenvalue weighted by molar-refractivity contribution is 6.31. The van der Waals surface area contributed by atoms with Gasteiger partial charge in [-0.15, -0.1) is 0 Å². The molecule has 0 unspecified atom stereocenters. The minimum absolute atomic E-state index is 0.146. The first-order valence-electron chi connectivity index (χ1n) is 6.28. The van der Waals surface area contributed by atoms with Crippen LogP contribution in [0, 0.1) is 6.92 Å². The maximum Gasteiger partial charge on any atom is 0.137 e. The van der Waals surface area contributed by atoms with E-state index in [0.29, 0.717) is 0 Å². The van der Waals surface area contributed by atoms with E-state index in [1.165, 1.54) is 5.56 Å². The highest BCUT2D eigenvalue weighted by Crippen LogP contribution is 2.28. The molecular formula is C15H20ClNO. The first-order chi connectivity index (χ1) is 8.37. The zero-order valence-corrected chi connectivity index (χ0v) is 12.2. The van der Waals surface area contributed by atoms with Gasteiger partial charge in [0.15, 0.2) is 0 Å². The van der Waals surface area contributed by atoms with Crippen molar-refractivity contribution in [3.63, 3.8) is 0 Å². The van der Waals surface area contributed by atoms with Gasteiger partial charge >= 0.3 is 0 Å². The molecule has 0 atom stereocenters. The fourth-order valence-corrected chi connectivity index (χ4v) is 2.36. The number of halogens is 1. The van der Waals surface area contributed by atoms with Gasteiger partial charge in [0.25, 0.3) is 0 Å². The van der Waals surface area contributed by atoms with Gasteiger partial charge in [0, 0.05) is 15.9 Å². The Balaban J connectivity index is 2.19. The van der Waals surface area contributed by atoms with E-state index < -0.39 is 0 Å². The maximum absolute atomic E-state index is 6.10. The maximum atomic E-state index is 6.10. The second-order valence-corrected chi connectivity index (χ2v) is 6.22. The van der Waals surface area contributed by atoms with Crippen LogP contribution in [0.5, 0.6) is 0 Å². The molecule has 0 aliphatic rings. The summed E-state index contributed by atoms with van der Waals surface area (Å²) in [6.07, 6.45) is 2.79. The molecule has 1 heterocycles. The molecule has 0 saturated carbocycles. The quantitative estimate of drug-likeness (QED) is 0.894. The van der Waals surface area contributed by atoms with E-state index in [1.54, 1.807) is 0 Å². The second kappa shape index (κ2) is 4.94. The van der Waals surface area contributed by atoms with Crippen molar-refractivity contribution in [3.05, 3.63) is 34.5 Å². The summed E-state index contributed by atoms with van der Waals surface area (Å²) >= 11 is 6.10. The zero-order valence-electron chi connectivity index (χ0n) is 11.4. The number of hydrogen-bond acceptors (Lipinski definition) is 2. The first kappa shape index (κ1) is 13.4. The lowest BCUT2D eigenvalue weighted by Gasteiger charge is -2.20. The van der Waals surface area contributed by atoms with E-state index in [0.717, 1.165) is 34.5 Å². The summed E-state index contributed by atoms with van der Waals surface area (Å²) in [6.45, 7) is 9.46. The minimum Gasteiger partial charge on any atom is -0.464 e. The topological polar surface area (TPSA) is 25.2 Å². The minimum atomic E-state index is 0.146. The van der Waals surface area contributed by atoms with Crippen molar-refractivity contribution in [1.82, 2.24) is 5.32 Å². The smallest absolute Gasteiger partial charge is 0.137 e. The molecule has 0 aliphatic carbocycles. The third-order valence-corrected chi connectivity index (χ3v) is 3.17. The summed E-state index contributed by atoms with van der Waals surface area (Å²) in [6, 6.07) is 3.92. The fourth-order valence-electron chi connectivity index (χ4n) is 2.08. The Kier molecular flexibility index (Phi) is 3.69. The van der Waals surface area contributed by atoms with Gasteiger partial charge in [-0.05, 0) is 63.9 Å². The molecule has 2 aromatic rings. The third-order valence-electron chi connectivity index (χ3n) is 2.95. The monoisotopic (exact) mass is 265 g/mol. The standard InChI is InChI=1S/C15H20ClNO/c1-10-7-12(16)8-13-11(9-18-14(10)13)5-6-17-15(2,3)4/h7-9,17H,5-6H2,1-4H3. The van der Waals surface area contributed by atoms with Crippen molar-refractivity contribution < 1.29 is 4.42 Å². The lowest BCUT2D eigenvalue weighted by atomic mass is 10.1. The Hall–Kier alpha value is -0.990. The Bertz CT molecular complexity index is 551. The van der Waals surface area contributed by atoms with Crippen molar-refractivity contribution in [2.24, 2.45) is 0 Å². The summed E-state index contributed by atoms with van der Waals surface area (Å²) in [5.41, 5.74) is 3.40. The first-order valence-corrected chi connectivity index (χ1v) is 6.66. The van der Waals surface area contributed by atoms with Crippen LogP contribution in [0.4, 0.5) is 0 Å². The molecule has 2 nitrogen and oxygen atoms in total. The molecule has 98 valence electrons. The fraction of sp³-hybridized carbons (Fsp3) is 0.467. The van der Waals surface area contributed by atoms with Crippen LogP contribution < -0.4 is 5.32 Å². The molecule has 0 saturated heterocycles. The van der Waals surface area contributed by atoms with Gasteiger partial charge in [0.1, 0.15) is 5.58 Å². The van der Waals surface area contributed by atoms with E-state index in [9.17, 15) is 0 Å². The highest BCUT2D eigenvalue weighted by atomic mass is 35.5. The average Bonchev–Trinajstić information content (AvgIpc) is 2.60. The van der Waals surface area contributed by atoms with Crippen molar-refractivity contribution in [3.8, 4) is 0 Å². The Morgan fingerprint density at radius 2 is 2.00 bits per heavy atom. The number of rotatable bonds is 3. The van der Waals surface area contributed by atoms with Gasteiger partial charge < -0.3 is 9.73 Å². The van der Waals surface area contributed by atoms with Crippen LogP contribution in [0.25, 0.3) is 11.0 Å². The van der Waals surface area contributed by atoms with E-state index >= 15 is 0 Å². The molecular weight excluding hydrogens is 246 g/mol. The van der Waals surface area contributed by atoms with Crippen molar-refractivity contribution in [2.45, 2.75) is 39.7 Å². The van der Waals surface area contributed by atoms with Crippen LogP contribution in [0.2, 0.25) is 5.02 Å². The molecule has 1 aromatic heterocycles. The van der Waals surface area contributed by atoms with Gasteiger partial charge in [-0.3, -0.25) is 0 Å². The van der Waals surface area contributed by atoms with E-state index in [-0.39, 0.29) is 5.54 Å². The van der Waals surface area contributed by atoms with E-state index in [2.05, 4.69) is 26.1 Å². The molecule has 3 heteroatoms. The summed E-state index contributed by atoms with van der Waals surface area (Å²) < 4.78 is 5.63. The largest absolute Gasteiger partial charge is 0.464 e. The van der Waals surface area contributed by atoms with E-state index in [1.807, 2.05) is 25.3 Å². The zero-order chi connectivity index (χ0) is 13.3. The summed E-state index contributed by atoms with van der Waals surface area (Å²) in [5, 5.41) is 5.38. The van der Waals surface area contributed by atoms with Gasteiger partial charge in [-0.2, -0.15) is 0 Å². The van der Waals surface area contributed by atoms with Crippen LogP contribution in [0.1, 0.15) is 31.9 Å². The summed E-state index contributed by atoms with van der Waals surface area (Å²) in [7, 11) is 0. The van der Waals surface area contributed by atoms with Crippen molar-refractivity contribution in [2.75, 3.05) is 6.54 Å². The lowest BCUT2D eigenvalue weighted by Crippen LogP contribution is -2.37. The van der Waals surface area contributed by atoms with Crippen LogP contribution in [0.15, 0.2) is 22.8 Å². The molecule has 0 spiro atoms. The van der Waals surface area contributed by atoms with Gasteiger partial charge in [0.05, 0.1) is 6.26 Å². The molecule has 0 fully saturated rings. The Morgan fingerprint density at radius 3 is 2.67 bits per heavy atom. The molecule has 1 N–H and O–H groups in total. The molecule has 0 aliphatic heterocycles. The normalized spacial score (nSPS) is 12.3. The number of fused-ring (bicyclic) bond motifs is 1. The molecule has 0 bridgehead atoms. The predicted octanol–water partition coefficient (Wildman–Crippen LogP) is 4.33. The lowest BCUT2D eigenvalue weighted by molar-refractivity contribution is 0.429. The van der Waals surface area contributed by atoms with Crippen LogP contribution in [-0.4, -0.2) is 12.1 Å². The number of furan rings is 1. The van der Waals surface area contributed by atoms with Crippen molar-refractivity contribution in [1.29, 1.82) is 0 Å². The van der Waals surface area contributed by atoms with Gasteiger partial charge in [-0.1, -0.05) is 11.6 Å².